The highest BCUT2D eigenvalue weighted by atomic mass is 79.9. The molecule has 21 heavy (non-hydrogen) atoms. The van der Waals surface area contributed by atoms with Crippen LogP contribution in [0.1, 0.15) is 44.7 Å². The van der Waals surface area contributed by atoms with Crippen LogP contribution in [0.15, 0.2) is 22.7 Å². The van der Waals surface area contributed by atoms with Gasteiger partial charge in [0.1, 0.15) is 0 Å². The van der Waals surface area contributed by atoms with Gasteiger partial charge in [-0.25, -0.2) is 0 Å². The van der Waals surface area contributed by atoms with Crippen molar-refractivity contribution in [2.45, 2.75) is 39.2 Å². The third-order valence-corrected chi connectivity index (χ3v) is 5.07. The van der Waals surface area contributed by atoms with E-state index in [2.05, 4.69) is 58.2 Å². The fourth-order valence-electron chi connectivity index (χ4n) is 3.20. The lowest BCUT2D eigenvalue weighted by Gasteiger charge is -2.34. The molecule has 0 aliphatic carbocycles. The molecule has 1 aromatic carbocycles. The maximum atomic E-state index is 9.13. The molecule has 2 atom stereocenters. The van der Waals surface area contributed by atoms with Crippen LogP contribution in [0.4, 0.5) is 5.69 Å². The van der Waals surface area contributed by atoms with Crippen LogP contribution in [-0.4, -0.2) is 31.3 Å². The molecule has 1 aliphatic heterocycles. The summed E-state index contributed by atoms with van der Waals surface area (Å²) < 4.78 is 1.18. The van der Waals surface area contributed by atoms with Crippen LogP contribution in [0, 0.1) is 5.92 Å². The molecule has 1 saturated heterocycles. The molecule has 1 fully saturated rings. The van der Waals surface area contributed by atoms with Crippen LogP contribution in [0.25, 0.3) is 0 Å². The average molecular weight is 355 g/mol. The highest BCUT2D eigenvalue weighted by Crippen LogP contribution is 2.31. The van der Waals surface area contributed by atoms with Crippen molar-refractivity contribution in [2.75, 3.05) is 31.1 Å². The molecule has 0 saturated carbocycles. The molecule has 1 heterocycles. The molecular formula is C17H27BrN2O. The zero-order valence-electron chi connectivity index (χ0n) is 13.1. The number of halogens is 1. The molecule has 0 bridgehead atoms. The van der Waals surface area contributed by atoms with Gasteiger partial charge in [-0.05, 0) is 56.3 Å². The highest BCUT2D eigenvalue weighted by molar-refractivity contribution is 9.10. The van der Waals surface area contributed by atoms with Gasteiger partial charge in [0.2, 0.25) is 0 Å². The Morgan fingerprint density at radius 1 is 1.48 bits per heavy atom. The fourth-order valence-corrected chi connectivity index (χ4v) is 3.91. The SMILES string of the molecule is CCNC(C)c1ccc(N2CCCC(CCO)C2)cc1Br. The van der Waals surface area contributed by atoms with E-state index in [1.807, 2.05) is 0 Å². The van der Waals surface area contributed by atoms with E-state index in [9.17, 15) is 0 Å². The summed E-state index contributed by atoms with van der Waals surface area (Å²) in [6.07, 6.45) is 3.39. The van der Waals surface area contributed by atoms with E-state index in [1.165, 1.54) is 28.6 Å². The first-order valence-corrected chi connectivity index (χ1v) is 8.83. The molecule has 4 heteroatoms. The highest BCUT2D eigenvalue weighted by Gasteiger charge is 2.20. The van der Waals surface area contributed by atoms with E-state index in [-0.39, 0.29) is 0 Å². The van der Waals surface area contributed by atoms with Crippen molar-refractivity contribution in [2.24, 2.45) is 5.92 Å². The maximum absolute atomic E-state index is 9.13. The van der Waals surface area contributed by atoms with Crippen LogP contribution in [0.5, 0.6) is 0 Å². The predicted molar refractivity (Wildman–Crippen MR) is 92.9 cm³/mol. The van der Waals surface area contributed by atoms with Gasteiger partial charge in [-0.1, -0.05) is 28.9 Å². The van der Waals surface area contributed by atoms with Crippen molar-refractivity contribution in [3.05, 3.63) is 28.2 Å². The molecule has 2 unspecified atom stereocenters. The average Bonchev–Trinajstić information content (AvgIpc) is 2.48. The lowest BCUT2D eigenvalue weighted by Crippen LogP contribution is -2.35. The van der Waals surface area contributed by atoms with E-state index < -0.39 is 0 Å². The normalized spacial score (nSPS) is 20.6. The number of nitrogens with one attached hydrogen (secondary N) is 1. The van der Waals surface area contributed by atoms with Crippen LogP contribution < -0.4 is 10.2 Å². The number of benzene rings is 1. The van der Waals surface area contributed by atoms with E-state index in [0.29, 0.717) is 18.6 Å². The third-order valence-electron chi connectivity index (χ3n) is 4.38. The Balaban J connectivity index is 2.08. The van der Waals surface area contributed by atoms with Gasteiger partial charge in [-0.2, -0.15) is 0 Å². The van der Waals surface area contributed by atoms with Gasteiger partial charge >= 0.3 is 0 Å². The smallest absolute Gasteiger partial charge is 0.0434 e. The molecule has 2 rings (SSSR count). The minimum Gasteiger partial charge on any atom is -0.396 e. The summed E-state index contributed by atoms with van der Waals surface area (Å²) in [4.78, 5) is 2.45. The minimum atomic E-state index is 0.307. The molecule has 0 radical (unpaired) electrons. The number of aliphatic hydroxyl groups is 1. The summed E-state index contributed by atoms with van der Waals surface area (Å²) in [5, 5.41) is 12.6. The first-order chi connectivity index (χ1) is 10.2. The molecule has 0 aromatic heterocycles. The number of rotatable bonds is 6. The summed E-state index contributed by atoms with van der Waals surface area (Å²) in [6.45, 7) is 7.80. The molecule has 118 valence electrons. The number of piperidine rings is 1. The van der Waals surface area contributed by atoms with Crippen molar-refractivity contribution >= 4 is 21.6 Å². The van der Waals surface area contributed by atoms with Crippen molar-refractivity contribution in [3.63, 3.8) is 0 Å². The molecular weight excluding hydrogens is 328 g/mol. The Morgan fingerprint density at radius 3 is 2.95 bits per heavy atom. The van der Waals surface area contributed by atoms with Crippen molar-refractivity contribution < 1.29 is 5.11 Å². The number of hydrogen-bond donors (Lipinski definition) is 2. The van der Waals surface area contributed by atoms with E-state index >= 15 is 0 Å². The number of anilines is 1. The van der Waals surface area contributed by atoms with Gasteiger partial charge < -0.3 is 15.3 Å². The molecule has 1 aliphatic rings. The summed E-state index contributed by atoms with van der Waals surface area (Å²) >= 11 is 3.72. The zero-order valence-corrected chi connectivity index (χ0v) is 14.7. The van der Waals surface area contributed by atoms with Crippen LogP contribution in [0.3, 0.4) is 0 Å². The summed E-state index contributed by atoms with van der Waals surface area (Å²) in [7, 11) is 0. The van der Waals surface area contributed by atoms with Gasteiger partial charge in [-0.15, -0.1) is 0 Å². The molecule has 1 aromatic rings. The van der Waals surface area contributed by atoms with E-state index in [4.69, 9.17) is 5.11 Å². The van der Waals surface area contributed by atoms with Gasteiger partial charge in [0.05, 0.1) is 0 Å². The summed E-state index contributed by atoms with van der Waals surface area (Å²) in [5.74, 6) is 0.628. The number of nitrogens with zero attached hydrogens (tertiary/aromatic N) is 1. The number of hydrogen-bond acceptors (Lipinski definition) is 3. The van der Waals surface area contributed by atoms with Crippen LogP contribution in [0.2, 0.25) is 0 Å². The van der Waals surface area contributed by atoms with E-state index in [0.717, 1.165) is 26.1 Å². The fraction of sp³-hybridized carbons (Fsp3) is 0.647. The first kappa shape index (κ1) is 16.8. The molecule has 0 spiro atoms. The lowest BCUT2D eigenvalue weighted by atomic mass is 9.94. The zero-order chi connectivity index (χ0) is 15.2. The third kappa shape index (κ3) is 4.44. The topological polar surface area (TPSA) is 35.5 Å². The largest absolute Gasteiger partial charge is 0.396 e. The van der Waals surface area contributed by atoms with Gasteiger partial charge in [0, 0.05) is 35.9 Å². The van der Waals surface area contributed by atoms with Crippen molar-refractivity contribution in [1.82, 2.24) is 5.32 Å². The van der Waals surface area contributed by atoms with Crippen molar-refractivity contribution in [1.29, 1.82) is 0 Å². The van der Waals surface area contributed by atoms with Gasteiger partial charge in [-0.3, -0.25) is 0 Å². The van der Waals surface area contributed by atoms with Gasteiger partial charge in [0.25, 0.3) is 0 Å². The Hall–Kier alpha value is -0.580. The second kappa shape index (κ2) is 8.16. The molecule has 0 amide bonds. The maximum Gasteiger partial charge on any atom is 0.0434 e. The van der Waals surface area contributed by atoms with E-state index in [1.54, 1.807) is 0 Å². The Kier molecular flexibility index (Phi) is 6.52. The monoisotopic (exact) mass is 354 g/mol. The lowest BCUT2D eigenvalue weighted by molar-refractivity contribution is 0.244. The predicted octanol–water partition coefficient (Wildman–Crippen LogP) is 3.72. The standard InChI is InChI=1S/C17H27BrN2O/c1-3-19-13(2)16-7-6-15(11-17(16)18)20-9-4-5-14(12-20)8-10-21/h6-7,11,13-14,19,21H,3-5,8-10,12H2,1-2H3. The Morgan fingerprint density at radius 2 is 2.29 bits per heavy atom. The Labute approximate surface area is 136 Å². The summed E-state index contributed by atoms with van der Waals surface area (Å²) in [6, 6.07) is 7.06. The second-order valence-corrected chi connectivity index (χ2v) is 6.81. The van der Waals surface area contributed by atoms with Crippen LogP contribution in [-0.2, 0) is 0 Å². The molecule has 3 nitrogen and oxygen atoms in total. The number of aliphatic hydroxyl groups excluding tert-OH is 1. The summed E-state index contributed by atoms with van der Waals surface area (Å²) in [5.41, 5.74) is 2.60. The first-order valence-electron chi connectivity index (χ1n) is 8.04. The molecule has 2 N–H and O–H groups in total. The van der Waals surface area contributed by atoms with Crippen LogP contribution >= 0.6 is 15.9 Å². The Bertz CT molecular complexity index is 450. The second-order valence-electron chi connectivity index (χ2n) is 5.95. The minimum absolute atomic E-state index is 0.307. The van der Waals surface area contributed by atoms with Gasteiger partial charge in [0.15, 0.2) is 0 Å². The quantitative estimate of drug-likeness (QED) is 0.817. The van der Waals surface area contributed by atoms with Crippen molar-refractivity contribution in [3.8, 4) is 0 Å².